The molecule has 6 heteroatoms. The van der Waals surface area contributed by atoms with Gasteiger partial charge in [0.25, 0.3) is 0 Å². The zero-order valence-corrected chi connectivity index (χ0v) is 11.5. The minimum absolute atomic E-state index is 0.289. The fourth-order valence-corrected chi connectivity index (χ4v) is 3.05. The molecule has 2 atom stereocenters. The molecule has 1 fully saturated rings. The van der Waals surface area contributed by atoms with E-state index < -0.39 is 5.97 Å². The van der Waals surface area contributed by atoms with Crippen LogP contribution in [-0.2, 0) is 13.6 Å². The van der Waals surface area contributed by atoms with Crippen LogP contribution in [0.15, 0.2) is 6.20 Å². The van der Waals surface area contributed by atoms with E-state index in [9.17, 15) is 4.79 Å². The summed E-state index contributed by atoms with van der Waals surface area (Å²) < 4.78 is 1.65. The highest BCUT2D eigenvalue weighted by atomic mass is 16.4. The van der Waals surface area contributed by atoms with Crippen molar-refractivity contribution in [2.75, 3.05) is 13.6 Å². The largest absolute Gasteiger partial charge is 0.478 e. The Labute approximate surface area is 113 Å². The number of aryl methyl sites for hydroxylation is 1. The zero-order chi connectivity index (χ0) is 14.0. The van der Waals surface area contributed by atoms with E-state index in [0.717, 1.165) is 12.1 Å². The van der Waals surface area contributed by atoms with E-state index in [1.54, 1.807) is 11.7 Å². The monoisotopic (exact) mass is 266 g/mol. The standard InChI is InChI=1S/C13H22N4O2/c1-16(11-5-3-4-9(11)6-14)8-12-10(13(18)19)7-15-17(12)2/h7,9,11H,3-6,8,14H2,1-2H3,(H,18,19). The van der Waals surface area contributed by atoms with Crippen LogP contribution in [0.4, 0.5) is 0 Å². The predicted octanol–water partition coefficient (Wildman–Crippen LogP) is 0.678. The number of aromatic carboxylic acids is 1. The third-order valence-corrected chi connectivity index (χ3v) is 4.18. The molecule has 1 heterocycles. The van der Waals surface area contributed by atoms with Crippen molar-refractivity contribution in [2.24, 2.45) is 18.7 Å². The van der Waals surface area contributed by atoms with Crippen LogP contribution < -0.4 is 5.73 Å². The molecule has 0 bridgehead atoms. The molecule has 0 amide bonds. The van der Waals surface area contributed by atoms with Crippen molar-refractivity contribution in [1.29, 1.82) is 0 Å². The molecule has 0 aromatic carbocycles. The molecule has 2 unspecified atom stereocenters. The van der Waals surface area contributed by atoms with E-state index >= 15 is 0 Å². The summed E-state index contributed by atoms with van der Waals surface area (Å²) in [6, 6.07) is 0.446. The van der Waals surface area contributed by atoms with Gasteiger partial charge in [0, 0.05) is 19.6 Å². The molecular formula is C13H22N4O2. The van der Waals surface area contributed by atoms with Gasteiger partial charge in [-0.25, -0.2) is 4.79 Å². The van der Waals surface area contributed by atoms with Gasteiger partial charge in [0.05, 0.1) is 11.9 Å². The van der Waals surface area contributed by atoms with E-state index in [-0.39, 0.29) is 5.56 Å². The third-order valence-electron chi connectivity index (χ3n) is 4.18. The second-order valence-corrected chi connectivity index (χ2v) is 5.34. The summed E-state index contributed by atoms with van der Waals surface area (Å²) >= 11 is 0. The van der Waals surface area contributed by atoms with Crippen LogP contribution in [0.1, 0.15) is 35.3 Å². The van der Waals surface area contributed by atoms with E-state index in [2.05, 4.69) is 10.00 Å². The van der Waals surface area contributed by atoms with Crippen LogP contribution in [0.2, 0.25) is 0 Å². The maximum absolute atomic E-state index is 11.2. The van der Waals surface area contributed by atoms with Crippen LogP contribution >= 0.6 is 0 Å². The maximum atomic E-state index is 11.2. The predicted molar refractivity (Wildman–Crippen MR) is 71.8 cm³/mol. The zero-order valence-electron chi connectivity index (χ0n) is 11.5. The quantitative estimate of drug-likeness (QED) is 0.818. The van der Waals surface area contributed by atoms with Crippen molar-refractivity contribution in [1.82, 2.24) is 14.7 Å². The third kappa shape index (κ3) is 2.79. The summed E-state index contributed by atoms with van der Waals surface area (Å²) in [5, 5.41) is 13.2. The molecule has 0 aliphatic heterocycles. The van der Waals surface area contributed by atoms with Crippen molar-refractivity contribution in [2.45, 2.75) is 31.8 Å². The Bertz CT molecular complexity index is 457. The Morgan fingerprint density at radius 1 is 1.63 bits per heavy atom. The Balaban J connectivity index is 2.12. The van der Waals surface area contributed by atoms with Crippen LogP contribution in [0.5, 0.6) is 0 Å². The van der Waals surface area contributed by atoms with Gasteiger partial charge in [-0.2, -0.15) is 5.10 Å². The van der Waals surface area contributed by atoms with Gasteiger partial charge in [-0.3, -0.25) is 9.58 Å². The SMILES string of the molecule is CN(Cc1c(C(=O)O)cnn1C)C1CCCC1CN. The lowest BCUT2D eigenvalue weighted by Gasteiger charge is -2.29. The van der Waals surface area contributed by atoms with Crippen molar-refractivity contribution >= 4 is 5.97 Å². The highest BCUT2D eigenvalue weighted by molar-refractivity contribution is 5.88. The van der Waals surface area contributed by atoms with Gasteiger partial charge in [-0.15, -0.1) is 0 Å². The number of carbonyl (C=O) groups is 1. The molecule has 1 aliphatic rings. The molecule has 0 saturated heterocycles. The summed E-state index contributed by atoms with van der Waals surface area (Å²) in [4.78, 5) is 13.4. The minimum atomic E-state index is -0.918. The van der Waals surface area contributed by atoms with E-state index in [1.165, 1.54) is 19.0 Å². The summed E-state index contributed by atoms with van der Waals surface area (Å²) in [6.45, 7) is 1.30. The summed E-state index contributed by atoms with van der Waals surface area (Å²) in [5.41, 5.74) is 6.84. The van der Waals surface area contributed by atoms with Gasteiger partial charge in [0.1, 0.15) is 5.56 Å². The van der Waals surface area contributed by atoms with Gasteiger partial charge >= 0.3 is 5.97 Å². The number of aromatic nitrogens is 2. The van der Waals surface area contributed by atoms with E-state index in [4.69, 9.17) is 10.8 Å². The minimum Gasteiger partial charge on any atom is -0.478 e. The number of hydrogen-bond acceptors (Lipinski definition) is 4. The second-order valence-electron chi connectivity index (χ2n) is 5.34. The number of carboxylic acid groups (broad SMARTS) is 1. The van der Waals surface area contributed by atoms with Crippen LogP contribution in [0, 0.1) is 5.92 Å². The smallest absolute Gasteiger partial charge is 0.339 e. The molecule has 6 nitrogen and oxygen atoms in total. The first-order valence-corrected chi connectivity index (χ1v) is 6.69. The lowest BCUT2D eigenvalue weighted by atomic mass is 10.0. The molecule has 1 aromatic rings. The van der Waals surface area contributed by atoms with Gasteiger partial charge < -0.3 is 10.8 Å². The number of carboxylic acids is 1. The average Bonchev–Trinajstić information content (AvgIpc) is 2.96. The van der Waals surface area contributed by atoms with Crippen LogP contribution in [0.3, 0.4) is 0 Å². The first-order chi connectivity index (χ1) is 9.04. The molecule has 106 valence electrons. The van der Waals surface area contributed by atoms with Gasteiger partial charge in [0.2, 0.25) is 0 Å². The normalized spacial score (nSPS) is 23.2. The molecule has 1 aromatic heterocycles. The summed E-state index contributed by atoms with van der Waals surface area (Å²) in [6.07, 6.45) is 4.93. The molecule has 2 rings (SSSR count). The van der Waals surface area contributed by atoms with Crippen molar-refractivity contribution in [3.8, 4) is 0 Å². The van der Waals surface area contributed by atoms with Gasteiger partial charge in [-0.05, 0) is 32.4 Å². The van der Waals surface area contributed by atoms with Gasteiger partial charge in [0.15, 0.2) is 0 Å². The lowest BCUT2D eigenvalue weighted by Crippen LogP contribution is -2.38. The Hall–Kier alpha value is -1.40. The topological polar surface area (TPSA) is 84.4 Å². The molecule has 3 N–H and O–H groups in total. The number of nitrogens with two attached hydrogens (primary N) is 1. The number of nitrogens with zero attached hydrogens (tertiary/aromatic N) is 3. The highest BCUT2D eigenvalue weighted by Gasteiger charge is 2.30. The molecule has 1 saturated carbocycles. The first-order valence-electron chi connectivity index (χ1n) is 6.69. The number of rotatable bonds is 5. The Morgan fingerprint density at radius 3 is 3.00 bits per heavy atom. The molecule has 0 radical (unpaired) electrons. The average molecular weight is 266 g/mol. The fourth-order valence-electron chi connectivity index (χ4n) is 3.05. The highest BCUT2D eigenvalue weighted by Crippen LogP contribution is 2.29. The van der Waals surface area contributed by atoms with Gasteiger partial charge in [-0.1, -0.05) is 6.42 Å². The summed E-state index contributed by atoms with van der Waals surface area (Å²) in [5.74, 6) is -0.398. The molecule has 19 heavy (non-hydrogen) atoms. The van der Waals surface area contributed by atoms with E-state index in [0.29, 0.717) is 25.0 Å². The lowest BCUT2D eigenvalue weighted by molar-refractivity contribution is 0.0693. The molecular weight excluding hydrogens is 244 g/mol. The summed E-state index contributed by atoms with van der Waals surface area (Å²) in [7, 11) is 3.82. The Morgan fingerprint density at radius 2 is 2.37 bits per heavy atom. The van der Waals surface area contributed by atoms with Crippen molar-refractivity contribution < 1.29 is 9.90 Å². The van der Waals surface area contributed by atoms with E-state index in [1.807, 2.05) is 7.05 Å². The molecule has 0 spiro atoms. The van der Waals surface area contributed by atoms with Crippen molar-refractivity contribution in [3.63, 3.8) is 0 Å². The van der Waals surface area contributed by atoms with Crippen LogP contribution in [0.25, 0.3) is 0 Å². The molecule has 1 aliphatic carbocycles. The maximum Gasteiger partial charge on any atom is 0.339 e. The second kappa shape index (κ2) is 5.71. The first kappa shape index (κ1) is 14.0. The van der Waals surface area contributed by atoms with Crippen molar-refractivity contribution in [3.05, 3.63) is 17.5 Å². The number of hydrogen-bond donors (Lipinski definition) is 2. The Kier molecular flexibility index (Phi) is 4.21. The van der Waals surface area contributed by atoms with Crippen LogP contribution in [-0.4, -0.2) is 45.4 Å². The fraction of sp³-hybridized carbons (Fsp3) is 0.692.